The van der Waals surface area contributed by atoms with Crippen molar-refractivity contribution in [3.8, 4) is 0 Å². The van der Waals surface area contributed by atoms with Crippen LogP contribution in [0.15, 0.2) is 11.8 Å². The maximum atomic E-state index is 9.85. The Morgan fingerprint density at radius 3 is 2.80 bits per heavy atom. The topological polar surface area (TPSA) is 38.3 Å². The van der Waals surface area contributed by atoms with Crippen LogP contribution in [0.5, 0.6) is 0 Å². The van der Waals surface area contributed by atoms with Crippen molar-refractivity contribution < 1.29 is 9.53 Å². The van der Waals surface area contributed by atoms with E-state index in [1.54, 1.807) is 13.4 Å². The molecule has 0 heterocycles. The number of hydrogen-bond acceptors (Lipinski definition) is 2. The number of methoxy groups -OCH3 is 1. The molecular formula is C7H13NO2. The van der Waals surface area contributed by atoms with Crippen molar-refractivity contribution in [1.29, 1.82) is 0 Å². The fourth-order valence-electron chi connectivity index (χ4n) is 0.589. The minimum atomic E-state index is 0.577. The Hall–Kier alpha value is -0.990. The second kappa shape index (κ2) is 6.13. The Morgan fingerprint density at radius 2 is 2.40 bits per heavy atom. The Morgan fingerprint density at radius 1 is 1.70 bits per heavy atom. The summed E-state index contributed by atoms with van der Waals surface area (Å²) in [5.41, 5.74) is 1.08. The normalized spacial score (nSPS) is 10.8. The Kier molecular flexibility index (Phi) is 5.53. The molecular weight excluding hydrogens is 130 g/mol. The zero-order valence-electron chi connectivity index (χ0n) is 6.39. The maximum absolute atomic E-state index is 9.85. The lowest BCUT2D eigenvalue weighted by Gasteiger charge is -2.01. The van der Waals surface area contributed by atoms with Crippen LogP contribution in [0.1, 0.15) is 13.3 Å². The van der Waals surface area contributed by atoms with Crippen LogP contribution in [0.25, 0.3) is 0 Å². The molecule has 0 saturated carbocycles. The number of amides is 1. The first-order valence-corrected chi connectivity index (χ1v) is 3.22. The molecule has 0 aliphatic carbocycles. The largest absolute Gasteiger partial charge is 0.504 e. The Balaban J connectivity index is 3.59. The molecule has 0 aromatic rings. The third-order valence-electron chi connectivity index (χ3n) is 1.15. The molecule has 10 heavy (non-hydrogen) atoms. The van der Waals surface area contributed by atoms with E-state index in [9.17, 15) is 4.79 Å². The highest BCUT2D eigenvalue weighted by Crippen LogP contribution is 1.96. The molecule has 0 aliphatic heterocycles. The van der Waals surface area contributed by atoms with Crippen molar-refractivity contribution in [2.24, 2.45) is 0 Å². The summed E-state index contributed by atoms with van der Waals surface area (Å²) < 4.78 is 4.77. The number of hydrogen-bond donors (Lipinski definition) is 1. The zero-order chi connectivity index (χ0) is 7.82. The first kappa shape index (κ1) is 9.01. The van der Waals surface area contributed by atoms with Crippen molar-refractivity contribution in [3.63, 3.8) is 0 Å². The molecule has 1 N–H and O–H groups in total. The van der Waals surface area contributed by atoms with Gasteiger partial charge in [-0.25, -0.2) is 0 Å². The van der Waals surface area contributed by atoms with E-state index < -0.39 is 0 Å². The number of ether oxygens (including phenoxy) is 1. The van der Waals surface area contributed by atoms with E-state index in [-0.39, 0.29) is 0 Å². The van der Waals surface area contributed by atoms with Crippen LogP contribution in [0, 0.1) is 0 Å². The average Bonchev–Trinajstić information content (AvgIpc) is 1.98. The van der Waals surface area contributed by atoms with Gasteiger partial charge in [-0.3, -0.25) is 4.79 Å². The van der Waals surface area contributed by atoms with Gasteiger partial charge in [0.05, 0.1) is 13.4 Å². The van der Waals surface area contributed by atoms with E-state index in [2.05, 4.69) is 5.32 Å². The van der Waals surface area contributed by atoms with E-state index in [4.69, 9.17) is 4.74 Å². The predicted molar refractivity (Wildman–Crippen MR) is 39.4 cm³/mol. The summed E-state index contributed by atoms with van der Waals surface area (Å²) in [5.74, 6) is 0. The van der Waals surface area contributed by atoms with Gasteiger partial charge in [-0.05, 0) is 12.0 Å². The molecule has 0 spiro atoms. The van der Waals surface area contributed by atoms with Crippen molar-refractivity contribution in [2.45, 2.75) is 13.3 Å². The monoisotopic (exact) mass is 143 g/mol. The van der Waals surface area contributed by atoms with Crippen LogP contribution < -0.4 is 5.32 Å². The SMILES string of the molecule is CC/C(=C\OC)CNC=O. The number of rotatable bonds is 5. The van der Waals surface area contributed by atoms with E-state index >= 15 is 0 Å². The lowest BCUT2D eigenvalue weighted by molar-refractivity contribution is -0.109. The molecule has 0 radical (unpaired) electrons. The molecule has 0 rings (SSSR count). The fourth-order valence-corrected chi connectivity index (χ4v) is 0.589. The second-order valence-electron chi connectivity index (χ2n) is 1.86. The van der Waals surface area contributed by atoms with E-state index in [1.807, 2.05) is 6.92 Å². The summed E-state index contributed by atoms with van der Waals surface area (Å²) >= 11 is 0. The van der Waals surface area contributed by atoms with Crippen molar-refractivity contribution in [3.05, 3.63) is 11.8 Å². The average molecular weight is 143 g/mol. The fraction of sp³-hybridized carbons (Fsp3) is 0.571. The number of nitrogens with one attached hydrogen (secondary N) is 1. The lowest BCUT2D eigenvalue weighted by atomic mass is 10.2. The van der Waals surface area contributed by atoms with Crippen LogP contribution in [-0.4, -0.2) is 20.1 Å². The van der Waals surface area contributed by atoms with E-state index in [0.29, 0.717) is 13.0 Å². The zero-order valence-corrected chi connectivity index (χ0v) is 6.39. The van der Waals surface area contributed by atoms with Gasteiger partial charge in [-0.15, -0.1) is 0 Å². The summed E-state index contributed by atoms with van der Waals surface area (Å²) in [7, 11) is 1.59. The predicted octanol–water partition coefficient (Wildman–Crippen LogP) is 0.673. The summed E-state index contributed by atoms with van der Waals surface area (Å²) in [6, 6.07) is 0. The molecule has 0 atom stereocenters. The molecule has 0 unspecified atom stereocenters. The summed E-state index contributed by atoms with van der Waals surface area (Å²) in [6.07, 6.45) is 3.23. The summed E-state index contributed by atoms with van der Waals surface area (Å²) in [5, 5.41) is 2.56. The number of carbonyl (C=O) groups excluding carboxylic acids is 1. The standard InChI is InChI=1S/C7H13NO2/c1-3-7(5-10-2)4-8-6-9/h5-6H,3-4H2,1-2H3,(H,8,9)/b7-5+. The van der Waals surface area contributed by atoms with Crippen molar-refractivity contribution >= 4 is 6.41 Å². The van der Waals surface area contributed by atoms with Crippen LogP contribution in [0.3, 0.4) is 0 Å². The minimum absolute atomic E-state index is 0.577. The molecule has 0 bridgehead atoms. The molecule has 0 aromatic heterocycles. The third-order valence-corrected chi connectivity index (χ3v) is 1.15. The molecule has 0 aromatic carbocycles. The first-order valence-electron chi connectivity index (χ1n) is 3.22. The van der Waals surface area contributed by atoms with Gasteiger partial charge in [0.2, 0.25) is 6.41 Å². The van der Waals surface area contributed by atoms with Crippen molar-refractivity contribution in [2.75, 3.05) is 13.7 Å². The van der Waals surface area contributed by atoms with Gasteiger partial charge in [0.25, 0.3) is 0 Å². The molecule has 0 saturated heterocycles. The number of carbonyl (C=O) groups is 1. The lowest BCUT2D eigenvalue weighted by Crippen LogP contribution is -2.14. The summed E-state index contributed by atoms with van der Waals surface area (Å²) in [4.78, 5) is 9.85. The molecule has 3 nitrogen and oxygen atoms in total. The van der Waals surface area contributed by atoms with Crippen LogP contribution in [-0.2, 0) is 9.53 Å². The highest BCUT2D eigenvalue weighted by atomic mass is 16.5. The highest BCUT2D eigenvalue weighted by Gasteiger charge is 1.90. The van der Waals surface area contributed by atoms with Crippen LogP contribution >= 0.6 is 0 Å². The quantitative estimate of drug-likeness (QED) is 0.454. The van der Waals surface area contributed by atoms with Crippen LogP contribution in [0.4, 0.5) is 0 Å². The Bertz CT molecular complexity index is 121. The maximum Gasteiger partial charge on any atom is 0.207 e. The van der Waals surface area contributed by atoms with Gasteiger partial charge in [-0.2, -0.15) is 0 Å². The van der Waals surface area contributed by atoms with Crippen molar-refractivity contribution in [1.82, 2.24) is 5.32 Å². The van der Waals surface area contributed by atoms with Gasteiger partial charge >= 0.3 is 0 Å². The smallest absolute Gasteiger partial charge is 0.207 e. The van der Waals surface area contributed by atoms with Gasteiger partial charge in [0.1, 0.15) is 0 Å². The second-order valence-corrected chi connectivity index (χ2v) is 1.86. The molecule has 3 heteroatoms. The molecule has 0 aliphatic rings. The van der Waals surface area contributed by atoms with Crippen LogP contribution in [0.2, 0.25) is 0 Å². The van der Waals surface area contributed by atoms with Gasteiger partial charge < -0.3 is 10.1 Å². The molecule has 0 fully saturated rings. The minimum Gasteiger partial charge on any atom is -0.504 e. The van der Waals surface area contributed by atoms with Gasteiger partial charge in [-0.1, -0.05) is 6.92 Å². The van der Waals surface area contributed by atoms with Gasteiger partial charge in [0.15, 0.2) is 0 Å². The molecule has 1 amide bonds. The Labute approximate surface area is 61.1 Å². The van der Waals surface area contributed by atoms with E-state index in [1.165, 1.54) is 0 Å². The molecule has 58 valence electrons. The first-order chi connectivity index (χ1) is 4.85. The highest BCUT2D eigenvalue weighted by molar-refractivity contribution is 5.46. The third kappa shape index (κ3) is 3.95. The van der Waals surface area contributed by atoms with E-state index in [0.717, 1.165) is 12.0 Å². The summed E-state index contributed by atoms with van der Waals surface area (Å²) in [6.45, 7) is 2.59. The van der Waals surface area contributed by atoms with Gasteiger partial charge in [0, 0.05) is 6.54 Å².